The molecule has 0 heterocycles. The van der Waals surface area contributed by atoms with Crippen LogP contribution >= 0.6 is 0 Å². The van der Waals surface area contributed by atoms with Crippen LogP contribution in [0.2, 0.25) is 0 Å². The Kier molecular flexibility index (Phi) is 12.8. The SMILES string of the molecule is CC(C)C([O][Y]([O]C(C(C)C)N(C)C)[O]C(C(C)C)N(C)C)N(C)C. The number of hydrogen-bond acceptors (Lipinski definition) is 6. The fourth-order valence-electron chi connectivity index (χ4n) is 3.06. The number of hydrogen-bond donors (Lipinski definition) is 0. The van der Waals surface area contributed by atoms with E-state index in [1.165, 1.54) is 0 Å². The molecule has 150 valence electrons. The quantitative estimate of drug-likeness (QED) is 0.437. The van der Waals surface area contributed by atoms with Crippen LogP contribution in [0.1, 0.15) is 41.5 Å². The Morgan fingerprint density at radius 2 is 0.680 bits per heavy atom. The topological polar surface area (TPSA) is 37.4 Å². The van der Waals surface area contributed by atoms with Crippen LogP contribution in [-0.4, -0.2) is 75.7 Å². The summed E-state index contributed by atoms with van der Waals surface area (Å²) in [7, 11) is 12.3. The Labute approximate surface area is 169 Å². The van der Waals surface area contributed by atoms with E-state index in [1.54, 1.807) is 0 Å². The monoisotopic (exact) mass is 437 g/mol. The van der Waals surface area contributed by atoms with Gasteiger partial charge in [-0.1, -0.05) is 0 Å². The van der Waals surface area contributed by atoms with Crippen molar-refractivity contribution in [1.29, 1.82) is 0 Å². The second-order valence-corrected chi connectivity index (χ2v) is 11.9. The first-order chi connectivity index (χ1) is 11.4. The molecule has 0 saturated heterocycles. The van der Waals surface area contributed by atoms with Crippen LogP contribution < -0.4 is 0 Å². The zero-order valence-electron chi connectivity index (χ0n) is 18.6. The van der Waals surface area contributed by atoms with Gasteiger partial charge < -0.3 is 0 Å². The molecular weight excluding hydrogens is 395 g/mol. The molecule has 0 bridgehead atoms. The van der Waals surface area contributed by atoms with Crippen LogP contribution in [0.3, 0.4) is 0 Å². The molecule has 0 fully saturated rings. The predicted octanol–water partition coefficient (Wildman–Crippen LogP) is 3.03. The van der Waals surface area contributed by atoms with Crippen LogP contribution in [0.25, 0.3) is 0 Å². The van der Waals surface area contributed by atoms with Gasteiger partial charge in [-0.2, -0.15) is 0 Å². The van der Waals surface area contributed by atoms with Crippen LogP contribution in [0.4, 0.5) is 0 Å². The van der Waals surface area contributed by atoms with Crippen molar-refractivity contribution in [3.8, 4) is 0 Å². The molecule has 0 aromatic heterocycles. The second kappa shape index (κ2) is 12.3. The summed E-state index contributed by atoms with van der Waals surface area (Å²) >= 11 is -3.20. The minimum atomic E-state index is -3.20. The predicted molar refractivity (Wildman–Crippen MR) is 100 cm³/mol. The molecule has 0 saturated carbocycles. The van der Waals surface area contributed by atoms with Crippen molar-refractivity contribution < 1.29 is 35.1 Å². The average Bonchev–Trinajstić information content (AvgIpc) is 2.43. The van der Waals surface area contributed by atoms with Gasteiger partial charge in [-0.25, -0.2) is 0 Å². The third kappa shape index (κ3) is 9.56. The Bertz CT molecular complexity index is 276. The van der Waals surface area contributed by atoms with Crippen molar-refractivity contribution in [2.75, 3.05) is 42.3 Å². The zero-order valence-corrected chi connectivity index (χ0v) is 21.4. The van der Waals surface area contributed by atoms with E-state index >= 15 is 0 Å². The van der Waals surface area contributed by atoms with Gasteiger partial charge in [-0.05, 0) is 0 Å². The minimum absolute atomic E-state index is 0.00532. The first-order valence-electron chi connectivity index (χ1n) is 9.34. The van der Waals surface area contributed by atoms with Crippen molar-refractivity contribution in [3.63, 3.8) is 0 Å². The Balaban J connectivity index is 5.40. The Morgan fingerprint density at radius 1 is 0.480 bits per heavy atom. The summed E-state index contributed by atoms with van der Waals surface area (Å²) in [5.41, 5.74) is 0. The summed E-state index contributed by atoms with van der Waals surface area (Å²) in [5, 5.41) is 0. The molecule has 0 aliphatic rings. The van der Waals surface area contributed by atoms with Gasteiger partial charge in [0.05, 0.1) is 0 Å². The molecule has 0 aromatic carbocycles. The molecule has 0 aromatic rings. The summed E-state index contributed by atoms with van der Waals surface area (Å²) < 4.78 is 19.4. The summed E-state index contributed by atoms with van der Waals surface area (Å²) in [4.78, 5) is 6.34. The van der Waals surface area contributed by atoms with E-state index in [2.05, 4.69) is 56.2 Å². The number of nitrogens with zero attached hydrogens (tertiary/aromatic N) is 3. The van der Waals surface area contributed by atoms with Crippen molar-refractivity contribution in [2.24, 2.45) is 17.8 Å². The molecule has 0 radical (unpaired) electrons. The Hall–Kier alpha value is 0.864. The van der Waals surface area contributed by atoms with E-state index < -0.39 is 29.0 Å². The second-order valence-electron chi connectivity index (χ2n) is 8.49. The first-order valence-corrected chi connectivity index (χ1v) is 12.8. The van der Waals surface area contributed by atoms with Crippen molar-refractivity contribution >= 4 is 0 Å². The standard InChI is InChI=1S/3C6H14NO.Y/c3*1-5(2)6(8)7(3)4;/h3*5-6H,1-4H3;/q3*-1;+3. The van der Waals surface area contributed by atoms with Gasteiger partial charge >= 0.3 is 170 Å². The molecular formula is C18H42N3O3Y. The van der Waals surface area contributed by atoms with Crippen LogP contribution in [-0.2, 0) is 35.1 Å². The van der Waals surface area contributed by atoms with E-state index in [1.807, 2.05) is 42.3 Å². The van der Waals surface area contributed by atoms with Crippen molar-refractivity contribution in [2.45, 2.75) is 60.2 Å². The summed E-state index contributed by atoms with van der Waals surface area (Å²) in [6.07, 6.45) is 0.0160. The van der Waals surface area contributed by atoms with Gasteiger partial charge in [-0.3, -0.25) is 0 Å². The summed E-state index contributed by atoms with van der Waals surface area (Å²) in [6, 6.07) is 0. The molecule has 0 amide bonds. The van der Waals surface area contributed by atoms with Crippen molar-refractivity contribution in [1.82, 2.24) is 14.7 Å². The first kappa shape index (κ1) is 25.9. The zero-order chi connectivity index (χ0) is 19.9. The van der Waals surface area contributed by atoms with E-state index in [0.29, 0.717) is 17.8 Å². The van der Waals surface area contributed by atoms with Gasteiger partial charge in [0, 0.05) is 0 Å². The molecule has 0 N–H and O–H groups in total. The van der Waals surface area contributed by atoms with Gasteiger partial charge in [0.2, 0.25) is 0 Å². The fraction of sp³-hybridized carbons (Fsp3) is 1.00. The average molecular weight is 437 g/mol. The van der Waals surface area contributed by atoms with E-state index in [0.717, 1.165) is 0 Å². The third-order valence-corrected chi connectivity index (χ3v) is 7.68. The molecule has 6 nitrogen and oxygen atoms in total. The molecule has 3 atom stereocenters. The molecule has 0 aliphatic carbocycles. The fourth-order valence-corrected chi connectivity index (χ4v) is 9.33. The maximum absolute atomic E-state index is 6.47. The summed E-state index contributed by atoms with van der Waals surface area (Å²) in [5.74, 6) is 1.11. The van der Waals surface area contributed by atoms with Gasteiger partial charge in [0.15, 0.2) is 0 Å². The van der Waals surface area contributed by atoms with E-state index in [4.69, 9.17) is 6.15 Å². The normalized spacial score (nSPS) is 16.6. The van der Waals surface area contributed by atoms with Crippen LogP contribution in [0, 0.1) is 17.8 Å². The molecule has 0 rings (SSSR count). The van der Waals surface area contributed by atoms with Crippen LogP contribution in [0.5, 0.6) is 0 Å². The van der Waals surface area contributed by atoms with E-state index in [-0.39, 0.29) is 18.7 Å². The van der Waals surface area contributed by atoms with Gasteiger partial charge in [-0.15, -0.1) is 0 Å². The van der Waals surface area contributed by atoms with Crippen molar-refractivity contribution in [3.05, 3.63) is 0 Å². The maximum atomic E-state index is 6.47. The number of rotatable bonds is 12. The molecule has 0 aliphatic heterocycles. The van der Waals surface area contributed by atoms with E-state index in [9.17, 15) is 0 Å². The third-order valence-electron chi connectivity index (χ3n) is 3.99. The Morgan fingerprint density at radius 3 is 0.800 bits per heavy atom. The molecule has 3 unspecified atom stereocenters. The van der Waals surface area contributed by atoms with Gasteiger partial charge in [0.25, 0.3) is 0 Å². The molecule has 7 heteroatoms. The van der Waals surface area contributed by atoms with Gasteiger partial charge in [0.1, 0.15) is 0 Å². The summed E-state index contributed by atoms with van der Waals surface area (Å²) in [6.45, 7) is 13.0. The molecule has 25 heavy (non-hydrogen) atoms. The van der Waals surface area contributed by atoms with Crippen LogP contribution in [0.15, 0.2) is 0 Å². The molecule has 0 spiro atoms.